The molecule has 19 heavy (non-hydrogen) atoms. The highest BCUT2D eigenvalue weighted by molar-refractivity contribution is 6.03. The standard InChI is InChI=1S/C14H19N3O2/c1-9(7-15)8-16-14(19)10-3-4-12-11(5-10)6-13(18)17(12)2/h3-5,9H,6-8,15H2,1-2H3,(H,16,19). The smallest absolute Gasteiger partial charge is 0.251 e. The molecule has 0 bridgehead atoms. The summed E-state index contributed by atoms with van der Waals surface area (Å²) in [5.74, 6) is 0.195. The summed E-state index contributed by atoms with van der Waals surface area (Å²) in [6, 6.07) is 5.36. The van der Waals surface area contributed by atoms with Crippen LogP contribution in [0, 0.1) is 5.92 Å². The van der Waals surface area contributed by atoms with Gasteiger partial charge in [0.25, 0.3) is 5.91 Å². The first-order valence-corrected chi connectivity index (χ1v) is 6.40. The third kappa shape index (κ3) is 2.76. The van der Waals surface area contributed by atoms with Crippen LogP contribution in [0.3, 0.4) is 0 Å². The van der Waals surface area contributed by atoms with Crippen LogP contribution in [-0.2, 0) is 11.2 Å². The number of nitrogens with one attached hydrogen (secondary N) is 1. The number of carbonyl (C=O) groups excluding carboxylic acids is 2. The van der Waals surface area contributed by atoms with Crippen molar-refractivity contribution < 1.29 is 9.59 Å². The van der Waals surface area contributed by atoms with Crippen molar-refractivity contribution in [2.45, 2.75) is 13.3 Å². The minimum Gasteiger partial charge on any atom is -0.352 e. The van der Waals surface area contributed by atoms with Crippen LogP contribution < -0.4 is 16.0 Å². The summed E-state index contributed by atoms with van der Waals surface area (Å²) < 4.78 is 0. The number of hydrogen-bond donors (Lipinski definition) is 2. The van der Waals surface area contributed by atoms with Crippen LogP contribution in [0.1, 0.15) is 22.8 Å². The van der Waals surface area contributed by atoms with Gasteiger partial charge in [0.15, 0.2) is 0 Å². The minimum atomic E-state index is -0.120. The van der Waals surface area contributed by atoms with Crippen LogP contribution >= 0.6 is 0 Å². The van der Waals surface area contributed by atoms with Crippen LogP contribution in [-0.4, -0.2) is 32.0 Å². The van der Waals surface area contributed by atoms with E-state index in [9.17, 15) is 9.59 Å². The largest absolute Gasteiger partial charge is 0.352 e. The maximum absolute atomic E-state index is 12.0. The predicted octanol–water partition coefficient (Wildman–Crippen LogP) is 0.530. The molecule has 0 fully saturated rings. The molecule has 1 unspecified atom stereocenters. The summed E-state index contributed by atoms with van der Waals surface area (Å²) in [4.78, 5) is 25.2. The van der Waals surface area contributed by atoms with Gasteiger partial charge >= 0.3 is 0 Å². The quantitative estimate of drug-likeness (QED) is 0.830. The number of nitrogens with two attached hydrogens (primary N) is 1. The number of rotatable bonds is 4. The van der Waals surface area contributed by atoms with Gasteiger partial charge in [0, 0.05) is 24.8 Å². The fraction of sp³-hybridized carbons (Fsp3) is 0.429. The second kappa shape index (κ2) is 5.40. The number of carbonyl (C=O) groups is 2. The van der Waals surface area contributed by atoms with Crippen molar-refractivity contribution in [1.82, 2.24) is 5.32 Å². The summed E-state index contributed by atoms with van der Waals surface area (Å²) in [5.41, 5.74) is 7.89. The first-order valence-electron chi connectivity index (χ1n) is 6.40. The topological polar surface area (TPSA) is 75.4 Å². The molecule has 1 heterocycles. The number of likely N-dealkylation sites (N-methyl/N-ethyl adjacent to an activating group) is 1. The second-order valence-corrected chi connectivity index (χ2v) is 5.02. The molecule has 0 aliphatic carbocycles. The number of hydrogen-bond acceptors (Lipinski definition) is 3. The van der Waals surface area contributed by atoms with Crippen molar-refractivity contribution in [3.8, 4) is 0 Å². The van der Waals surface area contributed by atoms with Crippen LogP contribution in [0.4, 0.5) is 5.69 Å². The molecular formula is C14H19N3O2. The van der Waals surface area contributed by atoms with Crippen molar-refractivity contribution >= 4 is 17.5 Å². The second-order valence-electron chi connectivity index (χ2n) is 5.02. The molecule has 1 aliphatic rings. The van der Waals surface area contributed by atoms with Gasteiger partial charge in [-0.15, -0.1) is 0 Å². The molecule has 5 heteroatoms. The Bertz CT molecular complexity index is 513. The van der Waals surface area contributed by atoms with Crippen molar-refractivity contribution in [2.24, 2.45) is 11.7 Å². The molecule has 1 aliphatic heterocycles. The lowest BCUT2D eigenvalue weighted by atomic mass is 10.1. The van der Waals surface area contributed by atoms with Crippen molar-refractivity contribution in [1.29, 1.82) is 0 Å². The highest BCUT2D eigenvalue weighted by Crippen LogP contribution is 2.28. The van der Waals surface area contributed by atoms with Gasteiger partial charge in [-0.2, -0.15) is 0 Å². The van der Waals surface area contributed by atoms with Crippen molar-refractivity contribution in [3.05, 3.63) is 29.3 Å². The fourth-order valence-corrected chi connectivity index (χ4v) is 2.06. The lowest BCUT2D eigenvalue weighted by Gasteiger charge is -2.12. The highest BCUT2D eigenvalue weighted by atomic mass is 16.2. The van der Waals surface area contributed by atoms with E-state index in [1.165, 1.54) is 0 Å². The number of benzene rings is 1. The monoisotopic (exact) mass is 261 g/mol. The fourth-order valence-electron chi connectivity index (χ4n) is 2.06. The third-order valence-electron chi connectivity index (χ3n) is 3.43. The average molecular weight is 261 g/mol. The van der Waals surface area contributed by atoms with Crippen LogP contribution in [0.25, 0.3) is 0 Å². The Morgan fingerprint density at radius 2 is 2.26 bits per heavy atom. The number of amides is 2. The van der Waals surface area contributed by atoms with E-state index in [1.807, 2.05) is 13.0 Å². The van der Waals surface area contributed by atoms with E-state index < -0.39 is 0 Å². The normalized spacial score (nSPS) is 15.3. The molecule has 0 aromatic heterocycles. The van der Waals surface area contributed by atoms with Gasteiger partial charge in [0.1, 0.15) is 0 Å². The Hall–Kier alpha value is -1.88. The summed E-state index contributed by atoms with van der Waals surface area (Å²) in [6.07, 6.45) is 0.367. The Labute approximate surface area is 112 Å². The summed E-state index contributed by atoms with van der Waals surface area (Å²) in [6.45, 7) is 3.09. The average Bonchev–Trinajstić information content (AvgIpc) is 2.70. The molecule has 5 nitrogen and oxygen atoms in total. The Morgan fingerprint density at radius 3 is 2.95 bits per heavy atom. The predicted molar refractivity (Wildman–Crippen MR) is 74.1 cm³/mol. The zero-order chi connectivity index (χ0) is 14.0. The van der Waals surface area contributed by atoms with E-state index in [-0.39, 0.29) is 17.7 Å². The third-order valence-corrected chi connectivity index (χ3v) is 3.43. The molecule has 2 amide bonds. The van der Waals surface area contributed by atoms with Crippen molar-refractivity contribution in [3.63, 3.8) is 0 Å². The summed E-state index contributed by atoms with van der Waals surface area (Å²) in [7, 11) is 1.75. The Kier molecular flexibility index (Phi) is 3.85. The summed E-state index contributed by atoms with van der Waals surface area (Å²) in [5, 5.41) is 2.85. The van der Waals surface area contributed by atoms with Gasteiger partial charge in [0.05, 0.1) is 6.42 Å². The highest BCUT2D eigenvalue weighted by Gasteiger charge is 2.24. The van der Waals surface area contributed by atoms with E-state index in [4.69, 9.17) is 5.73 Å². The molecule has 102 valence electrons. The first-order chi connectivity index (χ1) is 9.02. The molecule has 1 aromatic rings. The van der Waals surface area contributed by atoms with Gasteiger partial charge in [0.2, 0.25) is 5.91 Å². The molecule has 0 saturated carbocycles. The van der Waals surface area contributed by atoms with Gasteiger partial charge in [-0.3, -0.25) is 9.59 Å². The van der Waals surface area contributed by atoms with Gasteiger partial charge in [-0.25, -0.2) is 0 Å². The molecular weight excluding hydrogens is 242 g/mol. The molecule has 2 rings (SSSR count). The lowest BCUT2D eigenvalue weighted by Crippen LogP contribution is -2.31. The number of fused-ring (bicyclic) bond motifs is 1. The van der Waals surface area contributed by atoms with Crippen LogP contribution in [0.15, 0.2) is 18.2 Å². The first kappa shape index (κ1) is 13.5. The lowest BCUT2D eigenvalue weighted by molar-refractivity contribution is -0.117. The van der Waals surface area contributed by atoms with E-state index in [0.717, 1.165) is 11.3 Å². The molecule has 0 saturated heterocycles. The molecule has 0 radical (unpaired) electrons. The number of anilines is 1. The molecule has 0 spiro atoms. The van der Waals surface area contributed by atoms with E-state index >= 15 is 0 Å². The van der Waals surface area contributed by atoms with E-state index in [0.29, 0.717) is 25.1 Å². The zero-order valence-corrected chi connectivity index (χ0v) is 11.3. The SMILES string of the molecule is CC(CN)CNC(=O)c1ccc2c(c1)CC(=O)N2C. The van der Waals surface area contributed by atoms with Crippen LogP contribution in [0.2, 0.25) is 0 Å². The number of nitrogens with zero attached hydrogens (tertiary/aromatic N) is 1. The zero-order valence-electron chi connectivity index (χ0n) is 11.3. The molecule has 1 aromatic carbocycles. The Balaban J connectivity index is 2.09. The maximum atomic E-state index is 12.0. The summed E-state index contributed by atoms with van der Waals surface area (Å²) >= 11 is 0. The van der Waals surface area contributed by atoms with Gasteiger partial charge < -0.3 is 16.0 Å². The van der Waals surface area contributed by atoms with Gasteiger partial charge in [-0.05, 0) is 36.2 Å². The van der Waals surface area contributed by atoms with E-state index in [1.54, 1.807) is 24.1 Å². The minimum absolute atomic E-state index is 0.0595. The van der Waals surface area contributed by atoms with Gasteiger partial charge in [-0.1, -0.05) is 6.92 Å². The molecule has 3 N–H and O–H groups in total. The van der Waals surface area contributed by atoms with Crippen LogP contribution in [0.5, 0.6) is 0 Å². The Morgan fingerprint density at radius 1 is 1.53 bits per heavy atom. The molecule has 1 atom stereocenters. The maximum Gasteiger partial charge on any atom is 0.251 e. The van der Waals surface area contributed by atoms with E-state index in [2.05, 4.69) is 5.32 Å². The van der Waals surface area contributed by atoms with Crippen molar-refractivity contribution in [2.75, 3.05) is 25.0 Å².